The number of benzene rings is 1. The molecule has 0 fully saturated rings. The van der Waals surface area contributed by atoms with E-state index in [0.29, 0.717) is 34.7 Å². The maximum atomic E-state index is 4.48. The molecule has 1 N–H and O–H groups in total. The van der Waals surface area contributed by atoms with Crippen LogP contribution in [0.15, 0.2) is 61.8 Å². The van der Waals surface area contributed by atoms with Crippen LogP contribution in [-0.2, 0) is 6.54 Å². The molecule has 126 valence electrons. The van der Waals surface area contributed by atoms with Gasteiger partial charge in [-0.15, -0.1) is 0 Å². The molecule has 0 amide bonds. The minimum atomic E-state index is 0.654. The number of nitrogens with one attached hydrogen (secondary N) is 1. The predicted molar refractivity (Wildman–Crippen MR) is 95.2 cm³/mol. The standard InChI is InChI=1S/C17H13N9/c1-2-4-12(5-3-1)6-19-15-14-17(22-9-20-15)26(11-24-14)25-10-23-13-7-18-8-21-16(13)25/h1-5,7-11H,6H2,(H,19,20,22). The number of fused-ring (bicyclic) bond motifs is 2. The van der Waals surface area contributed by atoms with Crippen molar-refractivity contribution in [1.29, 1.82) is 0 Å². The van der Waals surface area contributed by atoms with Crippen molar-refractivity contribution in [2.24, 2.45) is 0 Å². The summed E-state index contributed by atoms with van der Waals surface area (Å²) in [5, 5.41) is 3.32. The molecule has 5 rings (SSSR count). The topological polar surface area (TPSA) is 99.2 Å². The molecule has 1 aromatic carbocycles. The van der Waals surface area contributed by atoms with E-state index in [1.165, 1.54) is 12.7 Å². The Balaban J connectivity index is 1.55. The van der Waals surface area contributed by atoms with Gasteiger partial charge in [0.15, 0.2) is 22.6 Å². The van der Waals surface area contributed by atoms with Crippen molar-refractivity contribution in [2.45, 2.75) is 6.54 Å². The summed E-state index contributed by atoms with van der Waals surface area (Å²) in [6.07, 6.45) is 8.01. The largest absolute Gasteiger partial charge is 0.364 e. The fourth-order valence-corrected chi connectivity index (χ4v) is 2.80. The van der Waals surface area contributed by atoms with E-state index >= 15 is 0 Å². The normalized spacial score (nSPS) is 11.2. The molecule has 0 aliphatic heterocycles. The third-order valence-electron chi connectivity index (χ3n) is 4.05. The van der Waals surface area contributed by atoms with Crippen LogP contribution in [0.5, 0.6) is 0 Å². The van der Waals surface area contributed by atoms with Gasteiger partial charge in [-0.3, -0.25) is 0 Å². The lowest BCUT2D eigenvalue weighted by atomic mass is 10.2. The van der Waals surface area contributed by atoms with Crippen molar-refractivity contribution in [3.63, 3.8) is 0 Å². The van der Waals surface area contributed by atoms with Crippen molar-refractivity contribution < 1.29 is 0 Å². The Morgan fingerprint density at radius 2 is 1.62 bits per heavy atom. The predicted octanol–water partition coefficient (Wildman–Crippen LogP) is 1.89. The lowest BCUT2D eigenvalue weighted by Gasteiger charge is -2.07. The van der Waals surface area contributed by atoms with Crippen molar-refractivity contribution >= 4 is 28.1 Å². The molecule has 0 spiro atoms. The first-order valence-electron chi connectivity index (χ1n) is 8.00. The fraction of sp³-hybridized carbons (Fsp3) is 0.0588. The van der Waals surface area contributed by atoms with Gasteiger partial charge < -0.3 is 5.32 Å². The molecule has 0 aliphatic rings. The smallest absolute Gasteiger partial charge is 0.185 e. The molecule has 0 bridgehead atoms. The van der Waals surface area contributed by atoms with Gasteiger partial charge in [0.05, 0.1) is 6.20 Å². The number of aromatic nitrogens is 8. The second kappa shape index (κ2) is 5.88. The summed E-state index contributed by atoms with van der Waals surface area (Å²) in [6.45, 7) is 0.654. The molecule has 4 aromatic heterocycles. The average molecular weight is 343 g/mol. The maximum Gasteiger partial charge on any atom is 0.185 e. The molecule has 0 radical (unpaired) electrons. The van der Waals surface area contributed by atoms with E-state index in [1.54, 1.807) is 28.2 Å². The average Bonchev–Trinajstić information content (AvgIpc) is 3.31. The first-order chi connectivity index (χ1) is 12.9. The van der Waals surface area contributed by atoms with Crippen LogP contribution >= 0.6 is 0 Å². The Bertz CT molecular complexity index is 1190. The van der Waals surface area contributed by atoms with Gasteiger partial charge in [0, 0.05) is 6.54 Å². The van der Waals surface area contributed by atoms with Gasteiger partial charge in [0.25, 0.3) is 0 Å². The highest BCUT2D eigenvalue weighted by molar-refractivity contribution is 5.83. The van der Waals surface area contributed by atoms with E-state index < -0.39 is 0 Å². The van der Waals surface area contributed by atoms with Gasteiger partial charge in [-0.25, -0.2) is 39.3 Å². The van der Waals surface area contributed by atoms with Gasteiger partial charge in [0.1, 0.15) is 30.8 Å². The highest BCUT2D eigenvalue weighted by atomic mass is 15.5. The SMILES string of the molecule is c1ccc(CNc2ncnc3c2ncn3-n2cnc3cncnc32)cc1. The van der Waals surface area contributed by atoms with Crippen LogP contribution in [0.25, 0.3) is 22.3 Å². The molecule has 9 nitrogen and oxygen atoms in total. The fourth-order valence-electron chi connectivity index (χ4n) is 2.80. The lowest BCUT2D eigenvalue weighted by molar-refractivity contribution is 0.687. The summed E-state index contributed by atoms with van der Waals surface area (Å²) in [5.74, 6) is 0.677. The number of rotatable bonds is 4. The van der Waals surface area contributed by atoms with Crippen LogP contribution in [0, 0.1) is 0 Å². The quantitative estimate of drug-likeness (QED) is 0.532. The van der Waals surface area contributed by atoms with Crippen LogP contribution < -0.4 is 5.32 Å². The third kappa shape index (κ3) is 2.34. The molecule has 0 saturated carbocycles. The zero-order valence-corrected chi connectivity index (χ0v) is 13.6. The Kier molecular flexibility index (Phi) is 3.27. The Morgan fingerprint density at radius 3 is 2.54 bits per heavy atom. The Morgan fingerprint density at radius 1 is 0.808 bits per heavy atom. The van der Waals surface area contributed by atoms with Crippen molar-refractivity contribution in [1.82, 2.24) is 39.3 Å². The highest BCUT2D eigenvalue weighted by Gasteiger charge is 2.13. The summed E-state index contributed by atoms with van der Waals surface area (Å²) in [4.78, 5) is 25.8. The van der Waals surface area contributed by atoms with Crippen LogP contribution in [0.4, 0.5) is 5.82 Å². The number of imidazole rings is 2. The van der Waals surface area contributed by atoms with Crippen molar-refractivity contribution in [2.75, 3.05) is 5.32 Å². The first kappa shape index (κ1) is 14.5. The van der Waals surface area contributed by atoms with E-state index in [9.17, 15) is 0 Å². The number of hydrogen-bond acceptors (Lipinski definition) is 7. The molecule has 0 aliphatic carbocycles. The highest BCUT2D eigenvalue weighted by Crippen LogP contribution is 2.19. The van der Waals surface area contributed by atoms with Gasteiger partial charge >= 0.3 is 0 Å². The monoisotopic (exact) mass is 343 g/mol. The Labute approximate surface area is 147 Å². The summed E-state index contributed by atoms with van der Waals surface area (Å²) in [7, 11) is 0. The molecule has 0 saturated heterocycles. The van der Waals surface area contributed by atoms with Gasteiger partial charge in [-0.05, 0) is 5.56 Å². The summed E-state index contributed by atoms with van der Waals surface area (Å²) in [6, 6.07) is 10.1. The lowest BCUT2D eigenvalue weighted by Crippen LogP contribution is -2.08. The summed E-state index contributed by atoms with van der Waals surface area (Å²) in [5.41, 5.74) is 3.88. The molecule has 0 unspecified atom stereocenters. The zero-order valence-electron chi connectivity index (χ0n) is 13.6. The van der Waals surface area contributed by atoms with E-state index in [0.717, 1.165) is 5.56 Å². The van der Waals surface area contributed by atoms with Crippen LogP contribution in [0.1, 0.15) is 5.56 Å². The summed E-state index contributed by atoms with van der Waals surface area (Å²) < 4.78 is 3.56. The zero-order chi connectivity index (χ0) is 17.3. The maximum absolute atomic E-state index is 4.48. The number of hydrogen-bond donors (Lipinski definition) is 1. The molecule has 5 aromatic rings. The first-order valence-corrected chi connectivity index (χ1v) is 8.00. The van der Waals surface area contributed by atoms with Crippen molar-refractivity contribution in [3.05, 3.63) is 67.4 Å². The van der Waals surface area contributed by atoms with Gasteiger partial charge in [-0.2, -0.15) is 0 Å². The van der Waals surface area contributed by atoms with E-state index in [2.05, 4.69) is 47.4 Å². The molecular weight excluding hydrogens is 330 g/mol. The van der Waals surface area contributed by atoms with Crippen LogP contribution in [0.2, 0.25) is 0 Å². The van der Waals surface area contributed by atoms with Crippen molar-refractivity contribution in [3.8, 4) is 0 Å². The second-order valence-corrected chi connectivity index (χ2v) is 5.64. The van der Waals surface area contributed by atoms with Crippen LogP contribution in [0.3, 0.4) is 0 Å². The molecule has 0 atom stereocenters. The molecular formula is C17H13N9. The van der Waals surface area contributed by atoms with E-state index in [1.807, 2.05) is 18.2 Å². The molecule has 26 heavy (non-hydrogen) atoms. The Hall–Kier alpha value is -3.88. The summed E-state index contributed by atoms with van der Waals surface area (Å²) >= 11 is 0. The number of nitrogens with zero attached hydrogens (tertiary/aromatic N) is 8. The minimum absolute atomic E-state index is 0.654. The number of anilines is 1. The van der Waals surface area contributed by atoms with Gasteiger partial charge in [0.2, 0.25) is 0 Å². The van der Waals surface area contributed by atoms with E-state index in [-0.39, 0.29) is 0 Å². The van der Waals surface area contributed by atoms with Gasteiger partial charge in [-0.1, -0.05) is 30.3 Å². The molecule has 4 heterocycles. The second-order valence-electron chi connectivity index (χ2n) is 5.64. The minimum Gasteiger partial charge on any atom is -0.364 e. The third-order valence-corrected chi connectivity index (χ3v) is 4.05. The van der Waals surface area contributed by atoms with E-state index in [4.69, 9.17) is 0 Å². The molecule has 9 heteroatoms. The van der Waals surface area contributed by atoms with Crippen LogP contribution in [-0.4, -0.2) is 39.3 Å².